The summed E-state index contributed by atoms with van der Waals surface area (Å²) in [5.41, 5.74) is 5.92. The monoisotopic (exact) mass is 238 g/mol. The van der Waals surface area contributed by atoms with E-state index in [2.05, 4.69) is 11.8 Å². The molecule has 0 aliphatic carbocycles. The second kappa shape index (κ2) is 5.36. The van der Waals surface area contributed by atoms with Gasteiger partial charge in [0.15, 0.2) is 11.6 Å². The second-order valence-electron chi connectivity index (χ2n) is 4.44. The maximum absolute atomic E-state index is 13.5. The SMILES string of the molecule is CCN1CCC(Oc2ccc(N)cc2F)CC1. The third-order valence-corrected chi connectivity index (χ3v) is 3.23. The molecule has 0 atom stereocenters. The van der Waals surface area contributed by atoms with Crippen molar-refractivity contribution in [2.75, 3.05) is 25.4 Å². The summed E-state index contributed by atoms with van der Waals surface area (Å²) < 4.78 is 19.2. The molecule has 1 fully saturated rings. The summed E-state index contributed by atoms with van der Waals surface area (Å²) >= 11 is 0. The zero-order chi connectivity index (χ0) is 12.3. The number of likely N-dealkylation sites (tertiary alicyclic amines) is 1. The maximum Gasteiger partial charge on any atom is 0.167 e. The van der Waals surface area contributed by atoms with E-state index in [0.717, 1.165) is 32.5 Å². The molecular weight excluding hydrogens is 219 g/mol. The summed E-state index contributed by atoms with van der Waals surface area (Å²) in [6.45, 7) is 5.28. The third-order valence-electron chi connectivity index (χ3n) is 3.23. The number of hydrogen-bond acceptors (Lipinski definition) is 3. The molecule has 2 N–H and O–H groups in total. The van der Waals surface area contributed by atoms with E-state index in [1.807, 2.05) is 0 Å². The standard InChI is InChI=1S/C13H19FN2O/c1-2-16-7-5-11(6-8-16)17-13-4-3-10(15)9-12(13)14/h3-4,9,11H,2,5-8,15H2,1H3. The number of nitrogens with two attached hydrogens (primary N) is 1. The van der Waals surface area contributed by atoms with Crippen LogP contribution >= 0.6 is 0 Å². The van der Waals surface area contributed by atoms with Crippen LogP contribution in [0, 0.1) is 5.82 Å². The average Bonchev–Trinajstić information content (AvgIpc) is 2.34. The number of nitrogens with zero attached hydrogens (tertiary/aromatic N) is 1. The molecule has 0 saturated carbocycles. The molecule has 1 aliphatic rings. The van der Waals surface area contributed by atoms with Crippen molar-refractivity contribution in [3.63, 3.8) is 0 Å². The van der Waals surface area contributed by atoms with Gasteiger partial charge >= 0.3 is 0 Å². The van der Waals surface area contributed by atoms with Crippen LogP contribution in [0.5, 0.6) is 5.75 Å². The summed E-state index contributed by atoms with van der Waals surface area (Å²) in [5, 5.41) is 0. The number of anilines is 1. The molecule has 0 spiro atoms. The maximum atomic E-state index is 13.5. The van der Waals surface area contributed by atoms with E-state index in [0.29, 0.717) is 11.4 Å². The summed E-state index contributed by atoms with van der Waals surface area (Å²) in [7, 11) is 0. The number of halogens is 1. The molecule has 3 nitrogen and oxygen atoms in total. The number of piperidine rings is 1. The number of ether oxygens (including phenoxy) is 1. The van der Waals surface area contributed by atoms with E-state index in [-0.39, 0.29) is 11.9 Å². The predicted molar refractivity (Wildman–Crippen MR) is 66.6 cm³/mol. The van der Waals surface area contributed by atoms with Crippen LogP contribution in [0.15, 0.2) is 18.2 Å². The number of rotatable bonds is 3. The van der Waals surface area contributed by atoms with Crippen molar-refractivity contribution < 1.29 is 9.13 Å². The average molecular weight is 238 g/mol. The van der Waals surface area contributed by atoms with Crippen LogP contribution in [-0.2, 0) is 0 Å². The van der Waals surface area contributed by atoms with Gasteiger partial charge in [-0.05, 0) is 31.5 Å². The molecular formula is C13H19FN2O. The Morgan fingerprint density at radius 3 is 2.71 bits per heavy atom. The first-order valence-corrected chi connectivity index (χ1v) is 6.13. The minimum Gasteiger partial charge on any atom is -0.487 e. The summed E-state index contributed by atoms with van der Waals surface area (Å²) in [4.78, 5) is 2.37. The third kappa shape index (κ3) is 3.09. The van der Waals surface area contributed by atoms with E-state index in [9.17, 15) is 4.39 Å². The van der Waals surface area contributed by atoms with Crippen molar-refractivity contribution in [3.8, 4) is 5.75 Å². The minimum atomic E-state index is -0.372. The van der Waals surface area contributed by atoms with Crippen LogP contribution in [0.25, 0.3) is 0 Å². The lowest BCUT2D eigenvalue weighted by Gasteiger charge is -2.31. The molecule has 4 heteroatoms. The number of nitrogen functional groups attached to an aromatic ring is 1. The molecule has 1 aromatic carbocycles. The van der Waals surface area contributed by atoms with E-state index in [4.69, 9.17) is 10.5 Å². The molecule has 0 aromatic heterocycles. The molecule has 2 rings (SSSR count). The van der Waals surface area contributed by atoms with Crippen molar-refractivity contribution in [2.24, 2.45) is 0 Å². The van der Waals surface area contributed by atoms with Gasteiger partial charge in [-0.15, -0.1) is 0 Å². The molecule has 17 heavy (non-hydrogen) atoms. The molecule has 94 valence electrons. The Kier molecular flexibility index (Phi) is 3.84. The summed E-state index contributed by atoms with van der Waals surface area (Å²) in [6, 6.07) is 4.58. The molecule has 1 heterocycles. The van der Waals surface area contributed by atoms with Gasteiger partial charge in [0, 0.05) is 24.8 Å². The zero-order valence-corrected chi connectivity index (χ0v) is 10.2. The Morgan fingerprint density at radius 2 is 2.12 bits per heavy atom. The van der Waals surface area contributed by atoms with E-state index >= 15 is 0 Å². The quantitative estimate of drug-likeness (QED) is 0.821. The summed E-state index contributed by atoms with van der Waals surface area (Å²) in [5.74, 6) is -0.0583. The van der Waals surface area contributed by atoms with Crippen LogP contribution in [0.3, 0.4) is 0 Å². The lowest BCUT2D eigenvalue weighted by atomic mass is 10.1. The number of hydrogen-bond donors (Lipinski definition) is 1. The van der Waals surface area contributed by atoms with Crippen LogP contribution in [0.4, 0.5) is 10.1 Å². The Balaban J connectivity index is 1.93. The molecule has 0 unspecified atom stereocenters. The molecule has 0 radical (unpaired) electrons. The van der Waals surface area contributed by atoms with E-state index in [1.165, 1.54) is 6.07 Å². The highest BCUT2D eigenvalue weighted by molar-refractivity contribution is 5.42. The van der Waals surface area contributed by atoms with Gasteiger partial charge in [0.2, 0.25) is 0 Å². The molecule has 1 aliphatic heterocycles. The first-order chi connectivity index (χ1) is 8.19. The topological polar surface area (TPSA) is 38.5 Å². The van der Waals surface area contributed by atoms with Crippen LogP contribution < -0.4 is 10.5 Å². The Morgan fingerprint density at radius 1 is 1.41 bits per heavy atom. The van der Waals surface area contributed by atoms with Gasteiger partial charge in [-0.2, -0.15) is 0 Å². The fourth-order valence-electron chi connectivity index (χ4n) is 2.14. The molecule has 1 aromatic rings. The van der Waals surface area contributed by atoms with Crippen molar-refractivity contribution in [2.45, 2.75) is 25.9 Å². The zero-order valence-electron chi connectivity index (χ0n) is 10.2. The summed E-state index contributed by atoms with van der Waals surface area (Å²) in [6.07, 6.45) is 2.03. The first-order valence-electron chi connectivity index (χ1n) is 6.13. The number of benzene rings is 1. The van der Waals surface area contributed by atoms with Crippen LogP contribution in [0.2, 0.25) is 0 Å². The van der Waals surface area contributed by atoms with Crippen molar-refractivity contribution in [1.82, 2.24) is 4.90 Å². The smallest absolute Gasteiger partial charge is 0.167 e. The van der Waals surface area contributed by atoms with E-state index < -0.39 is 0 Å². The predicted octanol–water partition coefficient (Wildman–Crippen LogP) is 2.27. The Labute approximate surface area is 101 Å². The van der Waals surface area contributed by atoms with E-state index in [1.54, 1.807) is 12.1 Å². The van der Waals surface area contributed by atoms with Gasteiger partial charge in [0.05, 0.1) is 0 Å². The van der Waals surface area contributed by atoms with Gasteiger partial charge in [-0.1, -0.05) is 6.92 Å². The highest BCUT2D eigenvalue weighted by Crippen LogP contribution is 2.23. The second-order valence-corrected chi connectivity index (χ2v) is 4.44. The Bertz CT molecular complexity index is 376. The lowest BCUT2D eigenvalue weighted by molar-refractivity contribution is 0.100. The highest BCUT2D eigenvalue weighted by atomic mass is 19.1. The van der Waals surface area contributed by atoms with Crippen LogP contribution in [0.1, 0.15) is 19.8 Å². The highest BCUT2D eigenvalue weighted by Gasteiger charge is 2.20. The van der Waals surface area contributed by atoms with Gasteiger partial charge in [-0.3, -0.25) is 0 Å². The molecule has 0 bridgehead atoms. The molecule has 1 saturated heterocycles. The fourth-order valence-corrected chi connectivity index (χ4v) is 2.14. The van der Waals surface area contributed by atoms with Gasteiger partial charge in [0.1, 0.15) is 6.10 Å². The van der Waals surface area contributed by atoms with Gasteiger partial charge in [-0.25, -0.2) is 4.39 Å². The van der Waals surface area contributed by atoms with Gasteiger partial charge < -0.3 is 15.4 Å². The van der Waals surface area contributed by atoms with Crippen molar-refractivity contribution in [3.05, 3.63) is 24.0 Å². The minimum absolute atomic E-state index is 0.121. The first kappa shape index (κ1) is 12.2. The van der Waals surface area contributed by atoms with Gasteiger partial charge in [0.25, 0.3) is 0 Å². The largest absolute Gasteiger partial charge is 0.487 e. The fraction of sp³-hybridized carbons (Fsp3) is 0.538. The van der Waals surface area contributed by atoms with Crippen molar-refractivity contribution >= 4 is 5.69 Å². The Hall–Kier alpha value is -1.29. The van der Waals surface area contributed by atoms with Crippen LogP contribution in [-0.4, -0.2) is 30.6 Å². The normalized spacial score (nSPS) is 18.2. The van der Waals surface area contributed by atoms with Crippen molar-refractivity contribution in [1.29, 1.82) is 0 Å². The lowest BCUT2D eigenvalue weighted by Crippen LogP contribution is -2.38. The molecule has 0 amide bonds.